The van der Waals surface area contributed by atoms with Crippen LogP contribution in [0.2, 0.25) is 0 Å². The number of nitrogens with one attached hydrogen (secondary N) is 1. The smallest absolute Gasteiger partial charge is 0.417 e. The zero-order valence-electron chi connectivity index (χ0n) is 23.5. The van der Waals surface area contributed by atoms with Crippen molar-refractivity contribution in [3.8, 4) is 5.88 Å². The molecule has 3 aliphatic heterocycles. The highest BCUT2D eigenvalue weighted by Crippen LogP contribution is 2.45. The molecule has 5 rings (SSSR count). The fourth-order valence-corrected chi connectivity index (χ4v) is 7.58. The molecule has 1 atom stereocenters. The number of aliphatic hydroxyl groups excluding tert-OH is 1. The van der Waals surface area contributed by atoms with E-state index in [-0.39, 0.29) is 19.2 Å². The van der Waals surface area contributed by atoms with Gasteiger partial charge in [-0.2, -0.15) is 13.2 Å². The van der Waals surface area contributed by atoms with Crippen LogP contribution in [0.3, 0.4) is 0 Å². The van der Waals surface area contributed by atoms with Crippen molar-refractivity contribution in [2.24, 2.45) is 0 Å². The second-order valence-corrected chi connectivity index (χ2v) is 13.5. The van der Waals surface area contributed by atoms with Crippen LogP contribution in [-0.2, 0) is 20.9 Å². The van der Waals surface area contributed by atoms with Gasteiger partial charge in [-0.05, 0) is 63.1 Å². The molecule has 2 N–H and O–H groups in total. The summed E-state index contributed by atoms with van der Waals surface area (Å²) in [5.41, 5.74) is 0.624. The average Bonchev–Trinajstić information content (AvgIpc) is 2.88. The number of benzene rings is 1. The van der Waals surface area contributed by atoms with Crippen molar-refractivity contribution in [3.05, 3.63) is 47.7 Å². The van der Waals surface area contributed by atoms with Gasteiger partial charge in [-0.15, -0.1) is 0 Å². The van der Waals surface area contributed by atoms with Gasteiger partial charge in [0.15, 0.2) is 4.90 Å². The maximum atomic E-state index is 14.3. The molecule has 0 amide bonds. The van der Waals surface area contributed by atoms with Gasteiger partial charge in [0.1, 0.15) is 6.61 Å². The lowest BCUT2D eigenvalue weighted by Gasteiger charge is -2.46. The molecular formula is C28H35F3N4O5S. The molecular weight excluding hydrogens is 561 g/mol. The van der Waals surface area contributed by atoms with E-state index in [1.165, 1.54) is 4.31 Å². The van der Waals surface area contributed by atoms with Crippen LogP contribution in [0, 0.1) is 0 Å². The van der Waals surface area contributed by atoms with E-state index in [1.807, 2.05) is 45.9 Å². The lowest BCUT2D eigenvalue weighted by molar-refractivity contribution is -0.138. The number of nitrogens with zero attached hydrogens (tertiary/aromatic N) is 3. The molecule has 1 aromatic carbocycles. The average molecular weight is 597 g/mol. The lowest BCUT2D eigenvalue weighted by atomic mass is 9.85. The number of rotatable bonds is 6. The Morgan fingerprint density at radius 2 is 1.95 bits per heavy atom. The Morgan fingerprint density at radius 1 is 1.20 bits per heavy atom. The van der Waals surface area contributed by atoms with Gasteiger partial charge in [-0.1, -0.05) is 6.07 Å². The first kappa shape index (κ1) is 29.6. The quantitative estimate of drug-likeness (QED) is 0.519. The van der Waals surface area contributed by atoms with Gasteiger partial charge in [0.2, 0.25) is 5.88 Å². The first-order valence-corrected chi connectivity index (χ1v) is 14.9. The summed E-state index contributed by atoms with van der Waals surface area (Å²) in [6.45, 7) is 9.01. The van der Waals surface area contributed by atoms with Gasteiger partial charge in [0.25, 0.3) is 10.0 Å². The number of hydrogen-bond donors (Lipinski definition) is 2. The number of halogens is 3. The standard InChI is InChI=1S/C28H35F3N4O5S/c1-26(2)13-19(14-27(3,4)40-26)18-5-6-22-23(11-18)35(17-21-16-32-7-8-34(21)22)41(37,38)24-12-20(28(29,30)31)15-33-25(24)39-10-9-36/h5-6,11-13,15,21,32,36H,7-10,14,16-17H2,1-4H3/t21-/m0/s1. The van der Waals surface area contributed by atoms with Gasteiger partial charge in [0.05, 0.1) is 47.3 Å². The summed E-state index contributed by atoms with van der Waals surface area (Å²) >= 11 is 0. The van der Waals surface area contributed by atoms with E-state index in [0.29, 0.717) is 49.7 Å². The molecule has 13 heteroatoms. The topological polar surface area (TPSA) is 104 Å². The Kier molecular flexibility index (Phi) is 7.54. The fraction of sp³-hybridized carbons (Fsp3) is 0.536. The van der Waals surface area contributed by atoms with Crippen molar-refractivity contribution in [3.63, 3.8) is 0 Å². The molecule has 224 valence electrons. The van der Waals surface area contributed by atoms with Gasteiger partial charge < -0.3 is 24.8 Å². The third-order valence-corrected chi connectivity index (χ3v) is 9.15. The minimum Gasteiger partial charge on any atom is -0.474 e. The van der Waals surface area contributed by atoms with Gasteiger partial charge in [0, 0.05) is 32.3 Å². The Morgan fingerprint density at radius 3 is 2.63 bits per heavy atom. The molecule has 1 saturated heterocycles. The van der Waals surface area contributed by atoms with Crippen molar-refractivity contribution in [2.45, 2.75) is 62.4 Å². The number of sulfonamides is 1. The predicted molar refractivity (Wildman–Crippen MR) is 149 cm³/mol. The maximum absolute atomic E-state index is 14.3. The van der Waals surface area contributed by atoms with E-state index in [9.17, 15) is 26.7 Å². The van der Waals surface area contributed by atoms with Crippen molar-refractivity contribution in [1.29, 1.82) is 0 Å². The van der Waals surface area contributed by atoms with Crippen LogP contribution in [0.1, 0.15) is 45.2 Å². The largest absolute Gasteiger partial charge is 0.474 e. The number of anilines is 2. The summed E-state index contributed by atoms with van der Waals surface area (Å²) in [5, 5.41) is 12.5. The molecule has 0 radical (unpaired) electrons. The minimum atomic E-state index is -4.82. The van der Waals surface area contributed by atoms with Crippen molar-refractivity contribution >= 4 is 27.0 Å². The van der Waals surface area contributed by atoms with Crippen LogP contribution in [0.25, 0.3) is 5.57 Å². The lowest BCUT2D eigenvalue weighted by Crippen LogP contribution is -2.59. The zero-order chi connectivity index (χ0) is 29.8. The van der Waals surface area contributed by atoms with E-state index >= 15 is 0 Å². The first-order valence-electron chi connectivity index (χ1n) is 13.5. The molecule has 0 unspecified atom stereocenters. The van der Waals surface area contributed by atoms with E-state index in [2.05, 4.69) is 15.2 Å². The van der Waals surface area contributed by atoms with Crippen molar-refractivity contribution in [2.75, 3.05) is 48.6 Å². The highest BCUT2D eigenvalue weighted by atomic mass is 32.2. The van der Waals surface area contributed by atoms with Gasteiger partial charge >= 0.3 is 6.18 Å². The number of piperazine rings is 1. The number of pyridine rings is 1. The van der Waals surface area contributed by atoms with Crippen LogP contribution in [-0.4, -0.2) is 75.1 Å². The number of alkyl halides is 3. The highest BCUT2D eigenvalue weighted by Gasteiger charge is 2.42. The summed E-state index contributed by atoms with van der Waals surface area (Å²) in [6, 6.07) is 5.95. The van der Waals surface area contributed by atoms with Crippen molar-refractivity contribution in [1.82, 2.24) is 10.3 Å². The SMILES string of the molecule is CC1(C)C=C(c2ccc3c(c2)N(S(=O)(=O)c2cc(C(F)(F)F)cnc2OCCO)C[C@@H]2CNCCN32)CC(C)(C)O1. The Hall–Kier alpha value is -2.87. The monoisotopic (exact) mass is 596 g/mol. The molecule has 1 aromatic heterocycles. The Labute approximate surface area is 238 Å². The summed E-state index contributed by atoms with van der Waals surface area (Å²) < 4.78 is 82.2. The summed E-state index contributed by atoms with van der Waals surface area (Å²) in [4.78, 5) is 5.13. The van der Waals surface area contributed by atoms with Crippen LogP contribution < -0.4 is 19.3 Å². The predicted octanol–water partition coefficient (Wildman–Crippen LogP) is 3.82. The zero-order valence-corrected chi connectivity index (χ0v) is 24.3. The number of hydrogen-bond acceptors (Lipinski definition) is 8. The minimum absolute atomic E-state index is 0.0145. The molecule has 0 aliphatic carbocycles. The Balaban J connectivity index is 1.67. The second kappa shape index (κ2) is 10.4. The molecule has 0 bridgehead atoms. The Bertz CT molecular complexity index is 1460. The number of aromatic nitrogens is 1. The summed E-state index contributed by atoms with van der Waals surface area (Å²) in [6.07, 6.45) is -1.68. The fourth-order valence-electron chi connectivity index (χ4n) is 5.96. The summed E-state index contributed by atoms with van der Waals surface area (Å²) in [7, 11) is -4.60. The van der Waals surface area contributed by atoms with E-state index in [0.717, 1.165) is 11.1 Å². The molecule has 1 fully saturated rings. The van der Waals surface area contributed by atoms with Gasteiger partial charge in [-0.3, -0.25) is 4.31 Å². The van der Waals surface area contributed by atoms with E-state index in [1.54, 1.807) is 6.07 Å². The van der Waals surface area contributed by atoms with Crippen LogP contribution in [0.15, 0.2) is 41.4 Å². The first-order chi connectivity index (χ1) is 19.1. The van der Waals surface area contributed by atoms with Crippen LogP contribution in [0.4, 0.5) is 24.5 Å². The molecule has 3 aliphatic rings. The molecule has 0 spiro atoms. The second-order valence-electron chi connectivity index (χ2n) is 11.7. The third-order valence-electron chi connectivity index (χ3n) is 7.37. The highest BCUT2D eigenvalue weighted by molar-refractivity contribution is 7.93. The van der Waals surface area contributed by atoms with E-state index in [4.69, 9.17) is 9.47 Å². The third kappa shape index (κ3) is 5.90. The number of aliphatic hydroxyl groups is 1. The number of fused-ring (bicyclic) bond motifs is 3. The maximum Gasteiger partial charge on any atom is 0.417 e. The molecule has 0 saturated carbocycles. The van der Waals surface area contributed by atoms with Crippen molar-refractivity contribution < 1.29 is 36.2 Å². The number of ether oxygens (including phenoxy) is 2. The molecule has 9 nitrogen and oxygen atoms in total. The van der Waals surface area contributed by atoms with Crippen LogP contribution in [0.5, 0.6) is 5.88 Å². The van der Waals surface area contributed by atoms with Gasteiger partial charge in [-0.25, -0.2) is 13.4 Å². The molecule has 2 aromatic rings. The molecule has 41 heavy (non-hydrogen) atoms. The summed E-state index contributed by atoms with van der Waals surface area (Å²) in [5.74, 6) is -0.496. The van der Waals surface area contributed by atoms with E-state index < -0.39 is 50.3 Å². The normalized spacial score (nSPS) is 22.0. The van der Waals surface area contributed by atoms with Crippen LogP contribution >= 0.6 is 0 Å². The molecule has 4 heterocycles.